The molecule has 18 heavy (non-hydrogen) atoms. The van der Waals surface area contributed by atoms with Crippen molar-refractivity contribution in [3.05, 3.63) is 47.0 Å². The molecular weight excluding hydrogens is 222 g/mol. The molecule has 0 aliphatic heterocycles. The average Bonchev–Trinajstić information content (AvgIpc) is 2.92. The summed E-state index contributed by atoms with van der Waals surface area (Å²) in [6.45, 7) is 0. The zero-order valence-electron chi connectivity index (χ0n) is 10.7. The summed E-state index contributed by atoms with van der Waals surface area (Å²) in [6, 6.07) is 6.53. The maximum Gasteiger partial charge on any atom is 0.0490 e. The fraction of sp³-hybridized carbons (Fsp3) is 0.467. The van der Waals surface area contributed by atoms with Crippen molar-refractivity contribution >= 4 is 0 Å². The number of nitrogens with one attached hydrogen (secondary N) is 1. The molecule has 2 heterocycles. The number of hydrogen-bond donors (Lipinski definition) is 1. The summed E-state index contributed by atoms with van der Waals surface area (Å²) in [7, 11) is 0. The third kappa shape index (κ3) is 2.61. The van der Waals surface area contributed by atoms with Gasteiger partial charge in [-0.05, 0) is 62.6 Å². The Morgan fingerprint density at radius 3 is 2.89 bits per heavy atom. The lowest BCUT2D eigenvalue weighted by atomic mass is 9.95. The molecule has 0 atom stereocenters. The second-order valence-electron chi connectivity index (χ2n) is 5.05. The summed E-state index contributed by atoms with van der Waals surface area (Å²) in [4.78, 5) is 4.81. The highest BCUT2D eigenvalue weighted by atomic mass is 15.1. The molecule has 0 fully saturated rings. The van der Waals surface area contributed by atoms with E-state index in [1.165, 1.54) is 48.3 Å². The van der Waals surface area contributed by atoms with E-state index in [1.807, 2.05) is 12.3 Å². The van der Waals surface area contributed by atoms with Gasteiger partial charge in [0.2, 0.25) is 0 Å². The summed E-state index contributed by atoms with van der Waals surface area (Å²) in [5.74, 6) is 0. The zero-order valence-corrected chi connectivity index (χ0v) is 10.7. The number of pyridine rings is 1. The van der Waals surface area contributed by atoms with Crippen molar-refractivity contribution in [2.45, 2.75) is 44.9 Å². The lowest BCUT2D eigenvalue weighted by molar-refractivity contribution is 0.659. The maximum absolute atomic E-state index is 4.81. The lowest BCUT2D eigenvalue weighted by Crippen LogP contribution is -2.07. The molecule has 0 saturated heterocycles. The molecule has 2 aromatic heterocycles. The molecule has 0 unspecified atom stereocenters. The first-order valence-corrected chi connectivity index (χ1v) is 6.88. The highest BCUT2D eigenvalue weighted by molar-refractivity contribution is 5.25. The van der Waals surface area contributed by atoms with Crippen molar-refractivity contribution in [1.82, 2.24) is 15.2 Å². The van der Waals surface area contributed by atoms with Crippen molar-refractivity contribution in [1.29, 1.82) is 0 Å². The van der Waals surface area contributed by atoms with E-state index in [0.717, 1.165) is 19.3 Å². The van der Waals surface area contributed by atoms with Gasteiger partial charge in [-0.2, -0.15) is 5.10 Å². The quantitative estimate of drug-likeness (QED) is 0.894. The summed E-state index contributed by atoms with van der Waals surface area (Å²) < 4.78 is 0. The van der Waals surface area contributed by atoms with Crippen LogP contribution < -0.4 is 0 Å². The van der Waals surface area contributed by atoms with Crippen LogP contribution in [0.3, 0.4) is 0 Å². The topological polar surface area (TPSA) is 41.6 Å². The Balaban J connectivity index is 1.59. The second-order valence-corrected chi connectivity index (χ2v) is 5.05. The van der Waals surface area contributed by atoms with E-state index in [0.29, 0.717) is 0 Å². The van der Waals surface area contributed by atoms with Crippen LogP contribution in [0.5, 0.6) is 0 Å². The monoisotopic (exact) mass is 241 g/mol. The highest BCUT2D eigenvalue weighted by Crippen LogP contribution is 2.20. The van der Waals surface area contributed by atoms with Gasteiger partial charge in [-0.15, -0.1) is 0 Å². The van der Waals surface area contributed by atoms with Crippen molar-refractivity contribution < 1.29 is 0 Å². The third-order valence-corrected chi connectivity index (χ3v) is 3.67. The van der Waals surface area contributed by atoms with E-state index in [9.17, 15) is 0 Å². The predicted octanol–water partition coefficient (Wildman–Crippen LogP) is 2.86. The van der Waals surface area contributed by atoms with E-state index in [1.54, 1.807) is 0 Å². The third-order valence-electron chi connectivity index (χ3n) is 3.67. The van der Waals surface area contributed by atoms with Crippen molar-refractivity contribution in [2.24, 2.45) is 0 Å². The van der Waals surface area contributed by atoms with Crippen LogP contribution in [0.25, 0.3) is 0 Å². The molecule has 3 rings (SSSR count). The Morgan fingerprint density at radius 2 is 2.00 bits per heavy atom. The van der Waals surface area contributed by atoms with Gasteiger partial charge in [-0.25, -0.2) is 0 Å². The molecule has 94 valence electrons. The molecule has 0 aromatic carbocycles. The van der Waals surface area contributed by atoms with E-state index < -0.39 is 0 Å². The first-order chi connectivity index (χ1) is 8.92. The molecule has 0 saturated carbocycles. The molecule has 2 aromatic rings. The van der Waals surface area contributed by atoms with Crippen LogP contribution in [0.15, 0.2) is 24.4 Å². The number of fused-ring (bicyclic) bond motifs is 1. The van der Waals surface area contributed by atoms with E-state index in [4.69, 9.17) is 4.98 Å². The SMILES string of the molecule is c1cc(CCCc2ccc3c(n2)CCCC3)[nH]n1. The first-order valence-electron chi connectivity index (χ1n) is 6.88. The molecule has 1 aliphatic rings. The molecule has 3 nitrogen and oxygen atoms in total. The summed E-state index contributed by atoms with van der Waals surface area (Å²) in [5.41, 5.74) is 5.28. The first kappa shape index (κ1) is 11.5. The van der Waals surface area contributed by atoms with Gasteiger partial charge in [0.05, 0.1) is 0 Å². The normalized spacial score (nSPS) is 14.4. The summed E-state index contributed by atoms with van der Waals surface area (Å²) in [5, 5.41) is 6.97. The number of aromatic amines is 1. The Hall–Kier alpha value is -1.64. The average molecular weight is 241 g/mol. The van der Waals surface area contributed by atoms with Crippen LogP contribution in [0.1, 0.15) is 41.9 Å². The molecule has 1 N–H and O–H groups in total. The zero-order chi connectivity index (χ0) is 12.2. The number of aryl methyl sites for hydroxylation is 4. The van der Waals surface area contributed by atoms with Crippen LogP contribution in [0.4, 0.5) is 0 Å². The number of hydrogen-bond acceptors (Lipinski definition) is 2. The Kier molecular flexibility index (Phi) is 3.40. The van der Waals surface area contributed by atoms with E-state index >= 15 is 0 Å². The van der Waals surface area contributed by atoms with E-state index in [2.05, 4.69) is 22.3 Å². The summed E-state index contributed by atoms with van der Waals surface area (Å²) >= 11 is 0. The largest absolute Gasteiger partial charge is 0.283 e. The Morgan fingerprint density at radius 1 is 1.06 bits per heavy atom. The van der Waals surface area contributed by atoms with Crippen LogP contribution >= 0.6 is 0 Å². The highest BCUT2D eigenvalue weighted by Gasteiger charge is 2.10. The van der Waals surface area contributed by atoms with Gasteiger partial charge in [0.25, 0.3) is 0 Å². The van der Waals surface area contributed by atoms with Gasteiger partial charge in [-0.1, -0.05) is 6.07 Å². The van der Waals surface area contributed by atoms with Gasteiger partial charge >= 0.3 is 0 Å². The van der Waals surface area contributed by atoms with Crippen molar-refractivity contribution in [2.75, 3.05) is 0 Å². The number of rotatable bonds is 4. The van der Waals surface area contributed by atoms with Crippen LogP contribution in [-0.4, -0.2) is 15.2 Å². The maximum atomic E-state index is 4.81. The molecule has 3 heteroatoms. The molecule has 1 aliphatic carbocycles. The van der Waals surface area contributed by atoms with Gasteiger partial charge in [-0.3, -0.25) is 10.1 Å². The number of aromatic nitrogens is 3. The summed E-state index contributed by atoms with van der Waals surface area (Å²) in [6.07, 6.45) is 10.1. The minimum absolute atomic E-state index is 1.05. The van der Waals surface area contributed by atoms with Crippen molar-refractivity contribution in [3.8, 4) is 0 Å². The fourth-order valence-electron chi connectivity index (χ4n) is 2.65. The number of H-pyrrole nitrogens is 1. The molecule has 0 amide bonds. The van der Waals surface area contributed by atoms with Crippen LogP contribution in [-0.2, 0) is 25.7 Å². The number of nitrogens with zero attached hydrogens (tertiary/aromatic N) is 2. The van der Waals surface area contributed by atoms with Crippen LogP contribution in [0.2, 0.25) is 0 Å². The van der Waals surface area contributed by atoms with E-state index in [-0.39, 0.29) is 0 Å². The molecular formula is C15H19N3. The van der Waals surface area contributed by atoms with Gasteiger partial charge < -0.3 is 0 Å². The molecule has 0 radical (unpaired) electrons. The standard InChI is InChI=1S/C15H19N3/c1-2-7-15-12(4-1)8-9-13(17-15)5-3-6-14-10-11-16-18-14/h8-11H,1-7H2,(H,16,18). The predicted molar refractivity (Wildman–Crippen MR) is 71.5 cm³/mol. The Bertz CT molecular complexity index is 502. The smallest absolute Gasteiger partial charge is 0.0490 e. The molecule has 0 bridgehead atoms. The van der Waals surface area contributed by atoms with Gasteiger partial charge in [0.1, 0.15) is 0 Å². The lowest BCUT2D eigenvalue weighted by Gasteiger charge is -2.15. The minimum Gasteiger partial charge on any atom is -0.283 e. The van der Waals surface area contributed by atoms with Gasteiger partial charge in [0.15, 0.2) is 0 Å². The fourth-order valence-corrected chi connectivity index (χ4v) is 2.65. The van der Waals surface area contributed by atoms with Gasteiger partial charge in [0, 0.05) is 23.3 Å². The second kappa shape index (κ2) is 5.34. The minimum atomic E-state index is 1.05. The molecule has 0 spiro atoms. The van der Waals surface area contributed by atoms with Crippen molar-refractivity contribution in [3.63, 3.8) is 0 Å². The Labute approximate surface area is 108 Å². The van der Waals surface area contributed by atoms with Crippen LogP contribution in [0, 0.1) is 0 Å².